The lowest BCUT2D eigenvalue weighted by Crippen LogP contribution is -2.24. The van der Waals surface area contributed by atoms with E-state index in [1.807, 2.05) is 0 Å². The van der Waals surface area contributed by atoms with E-state index in [-0.39, 0.29) is 17.0 Å². The molecule has 0 amide bonds. The lowest BCUT2D eigenvalue weighted by atomic mass is 10.1. The molecule has 17 heavy (non-hydrogen) atoms. The zero-order valence-corrected chi connectivity index (χ0v) is 10.3. The summed E-state index contributed by atoms with van der Waals surface area (Å²) < 4.78 is 23.7. The van der Waals surface area contributed by atoms with Gasteiger partial charge in [0.1, 0.15) is 5.60 Å². The third-order valence-corrected chi connectivity index (χ3v) is 1.95. The van der Waals surface area contributed by atoms with Gasteiger partial charge in [-0.05, 0) is 32.9 Å². The summed E-state index contributed by atoms with van der Waals surface area (Å²) in [5, 5.41) is 0. The van der Waals surface area contributed by atoms with Gasteiger partial charge in [0, 0.05) is 0 Å². The van der Waals surface area contributed by atoms with Crippen LogP contribution in [0.1, 0.15) is 31.1 Å². The van der Waals surface area contributed by atoms with Crippen molar-refractivity contribution in [3.8, 4) is 5.75 Å². The fourth-order valence-electron chi connectivity index (χ4n) is 1.27. The van der Waals surface area contributed by atoms with Crippen molar-refractivity contribution in [2.24, 2.45) is 0 Å². The summed E-state index contributed by atoms with van der Waals surface area (Å²) in [7, 11) is 1.29. The lowest BCUT2D eigenvalue weighted by Gasteiger charge is -2.20. The molecule has 0 aromatic heterocycles. The number of benzene rings is 1. The average molecular weight is 241 g/mol. The van der Waals surface area contributed by atoms with Crippen LogP contribution in [-0.4, -0.2) is 18.7 Å². The largest absolute Gasteiger partial charge is 0.492 e. The summed E-state index contributed by atoms with van der Waals surface area (Å²) in [6.07, 6.45) is 0. The first-order chi connectivity index (χ1) is 7.76. The number of carbonyl (C=O) groups excluding carboxylic acids is 1. The molecule has 0 spiro atoms. The molecule has 0 heterocycles. The standard InChI is InChI=1S/C12H16FNO3/c1-12(2,3)17-11(15)7-5-6-8(14)10(16-4)9(7)13/h5-6H,14H2,1-4H3. The van der Waals surface area contributed by atoms with Gasteiger partial charge >= 0.3 is 5.97 Å². The van der Waals surface area contributed by atoms with Crippen LogP contribution in [0.2, 0.25) is 0 Å². The molecule has 1 aromatic carbocycles. The second-order valence-corrected chi connectivity index (χ2v) is 4.55. The highest BCUT2D eigenvalue weighted by Crippen LogP contribution is 2.28. The zero-order valence-electron chi connectivity index (χ0n) is 10.3. The van der Waals surface area contributed by atoms with Crippen LogP contribution in [0.4, 0.5) is 10.1 Å². The Labute approximate surface area is 99.5 Å². The van der Waals surface area contributed by atoms with Crippen molar-refractivity contribution >= 4 is 11.7 Å². The normalized spacial score (nSPS) is 11.1. The van der Waals surface area contributed by atoms with E-state index < -0.39 is 17.4 Å². The molecule has 0 atom stereocenters. The summed E-state index contributed by atoms with van der Waals surface area (Å²) >= 11 is 0. The minimum atomic E-state index is -0.804. The third-order valence-electron chi connectivity index (χ3n) is 1.95. The molecule has 5 heteroatoms. The maximum absolute atomic E-state index is 13.9. The fraction of sp³-hybridized carbons (Fsp3) is 0.417. The number of nitrogens with two attached hydrogens (primary N) is 1. The molecule has 0 bridgehead atoms. The van der Waals surface area contributed by atoms with E-state index in [0.29, 0.717) is 0 Å². The van der Waals surface area contributed by atoms with Crippen molar-refractivity contribution < 1.29 is 18.7 Å². The van der Waals surface area contributed by atoms with Crippen LogP contribution in [0, 0.1) is 5.82 Å². The van der Waals surface area contributed by atoms with Crippen molar-refractivity contribution in [3.63, 3.8) is 0 Å². The van der Waals surface area contributed by atoms with Crippen molar-refractivity contribution in [3.05, 3.63) is 23.5 Å². The van der Waals surface area contributed by atoms with Gasteiger partial charge in [-0.1, -0.05) is 0 Å². The summed E-state index contributed by atoms with van der Waals surface area (Å²) in [6.45, 7) is 5.12. The smallest absolute Gasteiger partial charge is 0.341 e. The van der Waals surface area contributed by atoms with Crippen molar-refractivity contribution in [1.29, 1.82) is 0 Å². The molecule has 4 nitrogen and oxygen atoms in total. The third kappa shape index (κ3) is 3.09. The summed E-state index contributed by atoms with van der Waals surface area (Å²) in [6, 6.07) is 2.68. The Morgan fingerprint density at radius 3 is 2.41 bits per heavy atom. The second kappa shape index (κ2) is 4.61. The quantitative estimate of drug-likeness (QED) is 0.637. The van der Waals surface area contributed by atoms with Gasteiger partial charge in [0.15, 0.2) is 11.6 Å². The Bertz CT molecular complexity index is 438. The number of halogens is 1. The van der Waals surface area contributed by atoms with Crippen LogP contribution >= 0.6 is 0 Å². The predicted molar refractivity (Wildman–Crippen MR) is 62.5 cm³/mol. The number of nitrogen functional groups attached to an aromatic ring is 1. The average Bonchev–Trinajstić information content (AvgIpc) is 2.15. The highest BCUT2D eigenvalue weighted by atomic mass is 19.1. The Kier molecular flexibility index (Phi) is 3.60. The van der Waals surface area contributed by atoms with E-state index >= 15 is 0 Å². The van der Waals surface area contributed by atoms with Gasteiger partial charge in [-0.3, -0.25) is 0 Å². The molecule has 0 saturated heterocycles. The van der Waals surface area contributed by atoms with E-state index in [1.165, 1.54) is 19.2 Å². The maximum atomic E-state index is 13.9. The molecule has 0 aliphatic heterocycles. The van der Waals surface area contributed by atoms with Gasteiger partial charge in [0.25, 0.3) is 0 Å². The molecule has 0 unspecified atom stereocenters. The number of methoxy groups -OCH3 is 1. The summed E-state index contributed by atoms with van der Waals surface area (Å²) in [4.78, 5) is 11.7. The van der Waals surface area contributed by atoms with E-state index in [9.17, 15) is 9.18 Å². The molecule has 2 N–H and O–H groups in total. The molecular weight excluding hydrogens is 225 g/mol. The number of ether oxygens (including phenoxy) is 2. The van der Waals surface area contributed by atoms with Gasteiger partial charge in [0.2, 0.25) is 0 Å². The fourth-order valence-corrected chi connectivity index (χ4v) is 1.27. The van der Waals surface area contributed by atoms with Crippen molar-refractivity contribution in [2.45, 2.75) is 26.4 Å². The SMILES string of the molecule is COc1c(N)ccc(C(=O)OC(C)(C)C)c1F. The topological polar surface area (TPSA) is 61.5 Å². The van der Waals surface area contributed by atoms with E-state index in [0.717, 1.165) is 0 Å². The molecule has 0 fully saturated rings. The van der Waals surface area contributed by atoms with Gasteiger partial charge in [-0.15, -0.1) is 0 Å². The van der Waals surface area contributed by atoms with Gasteiger partial charge in [-0.25, -0.2) is 9.18 Å². The van der Waals surface area contributed by atoms with Crippen LogP contribution < -0.4 is 10.5 Å². The first-order valence-electron chi connectivity index (χ1n) is 5.11. The van der Waals surface area contributed by atoms with Crippen LogP contribution in [0.15, 0.2) is 12.1 Å². The summed E-state index contributed by atoms with van der Waals surface area (Å²) in [5.74, 6) is -1.69. The highest BCUT2D eigenvalue weighted by molar-refractivity contribution is 5.91. The van der Waals surface area contributed by atoms with Gasteiger partial charge < -0.3 is 15.2 Å². The molecule has 0 aliphatic carbocycles. The molecule has 1 rings (SSSR count). The molecule has 94 valence electrons. The second-order valence-electron chi connectivity index (χ2n) is 4.55. The van der Waals surface area contributed by atoms with Crippen molar-refractivity contribution in [1.82, 2.24) is 0 Å². The van der Waals surface area contributed by atoms with E-state index in [1.54, 1.807) is 20.8 Å². The van der Waals surface area contributed by atoms with Crippen molar-refractivity contribution in [2.75, 3.05) is 12.8 Å². The first kappa shape index (κ1) is 13.3. The number of anilines is 1. The molecule has 1 aromatic rings. The molecule has 0 aliphatic rings. The lowest BCUT2D eigenvalue weighted by molar-refractivity contribution is 0.00641. The van der Waals surface area contributed by atoms with Crippen LogP contribution in [0.5, 0.6) is 5.75 Å². The Hall–Kier alpha value is -1.78. The number of esters is 1. The minimum absolute atomic E-state index is 0.136. The number of hydrogen-bond donors (Lipinski definition) is 1. The summed E-state index contributed by atoms with van der Waals surface area (Å²) in [5.41, 5.74) is 4.78. The predicted octanol–water partition coefficient (Wildman–Crippen LogP) is 2.37. The van der Waals surface area contributed by atoms with Gasteiger partial charge in [0.05, 0.1) is 18.4 Å². The Morgan fingerprint density at radius 2 is 1.94 bits per heavy atom. The first-order valence-corrected chi connectivity index (χ1v) is 5.11. The van der Waals surface area contributed by atoms with Crippen LogP contribution in [-0.2, 0) is 4.74 Å². The van der Waals surface area contributed by atoms with Gasteiger partial charge in [-0.2, -0.15) is 0 Å². The number of carbonyl (C=O) groups is 1. The van der Waals surface area contributed by atoms with E-state index in [2.05, 4.69) is 0 Å². The monoisotopic (exact) mass is 241 g/mol. The van der Waals surface area contributed by atoms with E-state index in [4.69, 9.17) is 15.2 Å². The Morgan fingerprint density at radius 1 is 1.35 bits per heavy atom. The van der Waals surface area contributed by atoms with Crippen LogP contribution in [0.3, 0.4) is 0 Å². The molecule has 0 radical (unpaired) electrons. The maximum Gasteiger partial charge on any atom is 0.341 e. The number of hydrogen-bond acceptors (Lipinski definition) is 4. The number of rotatable bonds is 2. The molecule has 0 saturated carbocycles. The Balaban J connectivity index is 3.12. The zero-order chi connectivity index (χ0) is 13.2. The molecular formula is C12H16FNO3. The minimum Gasteiger partial charge on any atom is -0.492 e. The highest BCUT2D eigenvalue weighted by Gasteiger charge is 2.23. The van der Waals surface area contributed by atoms with Crippen LogP contribution in [0.25, 0.3) is 0 Å².